The van der Waals surface area contributed by atoms with Crippen molar-refractivity contribution in [3.8, 4) is 6.07 Å². The molecule has 2 N–H and O–H groups in total. The molecule has 0 fully saturated rings. The van der Waals surface area contributed by atoms with E-state index in [9.17, 15) is 14.9 Å². The number of hydrogen-bond acceptors (Lipinski definition) is 9. The second-order valence-electron chi connectivity index (χ2n) is 7.04. The Morgan fingerprint density at radius 2 is 1.70 bits per heavy atom. The highest BCUT2D eigenvalue weighted by Gasteiger charge is 2.43. The van der Waals surface area contributed by atoms with Gasteiger partial charge in [-0.3, -0.25) is 14.9 Å². The highest BCUT2D eigenvalue weighted by Crippen LogP contribution is 2.44. The molecule has 1 aliphatic rings. The first-order valence-electron chi connectivity index (χ1n) is 9.88. The lowest BCUT2D eigenvalue weighted by atomic mass is 9.81. The van der Waals surface area contributed by atoms with Gasteiger partial charge >= 0.3 is 11.9 Å². The van der Waals surface area contributed by atoms with Gasteiger partial charge in [0.05, 0.1) is 48.6 Å². The Labute approximate surface area is 189 Å². The molecule has 9 heteroatoms. The van der Waals surface area contributed by atoms with Crippen molar-refractivity contribution in [2.75, 3.05) is 19.1 Å². The number of methoxy groups -OCH3 is 2. The van der Waals surface area contributed by atoms with E-state index in [2.05, 4.69) is 16.0 Å². The number of allylic oxidation sites excluding steroid dienone is 1. The van der Waals surface area contributed by atoms with Gasteiger partial charge in [0.15, 0.2) is 0 Å². The van der Waals surface area contributed by atoms with Gasteiger partial charge in [-0.05, 0) is 17.7 Å². The first-order valence-corrected chi connectivity index (χ1v) is 9.88. The van der Waals surface area contributed by atoms with E-state index in [1.54, 1.807) is 48.5 Å². The molecule has 4 rings (SSSR count). The molecule has 164 valence electrons. The number of fused-ring (bicyclic) bond motifs is 1. The molecule has 33 heavy (non-hydrogen) atoms. The largest absolute Gasteiger partial charge is 0.466 e. The number of nitriles is 1. The number of carbonyl (C=O) groups is 2. The summed E-state index contributed by atoms with van der Waals surface area (Å²) in [6, 6.07) is 16.1. The minimum atomic E-state index is -0.935. The van der Waals surface area contributed by atoms with E-state index in [0.717, 1.165) is 0 Å². The summed E-state index contributed by atoms with van der Waals surface area (Å²) < 4.78 is 10.1. The Morgan fingerprint density at radius 1 is 1.00 bits per heavy atom. The van der Waals surface area contributed by atoms with Crippen molar-refractivity contribution in [3.05, 3.63) is 89.2 Å². The SMILES string of the molecule is COC(=O)C1=C(C(=O)OC)N(c2cccc3nccnc23)C(N)=C(C#N)C1c1ccccc1. The van der Waals surface area contributed by atoms with Crippen molar-refractivity contribution in [1.29, 1.82) is 5.26 Å². The highest BCUT2D eigenvalue weighted by molar-refractivity contribution is 6.08. The van der Waals surface area contributed by atoms with Crippen LogP contribution in [0.3, 0.4) is 0 Å². The van der Waals surface area contributed by atoms with Gasteiger partial charge in [-0.25, -0.2) is 9.59 Å². The van der Waals surface area contributed by atoms with Gasteiger partial charge in [0.1, 0.15) is 17.0 Å². The fraction of sp³-hybridized carbons (Fsp3) is 0.125. The highest BCUT2D eigenvalue weighted by atomic mass is 16.5. The number of ether oxygens (including phenoxy) is 2. The zero-order valence-corrected chi connectivity index (χ0v) is 17.9. The second kappa shape index (κ2) is 8.80. The Kier molecular flexibility index (Phi) is 5.74. The average molecular weight is 441 g/mol. The quantitative estimate of drug-likeness (QED) is 0.607. The maximum Gasteiger partial charge on any atom is 0.355 e. The molecule has 1 atom stereocenters. The molecule has 0 aliphatic carbocycles. The third-order valence-corrected chi connectivity index (χ3v) is 5.33. The van der Waals surface area contributed by atoms with E-state index in [1.165, 1.54) is 31.5 Å². The Hall–Kier alpha value is -4.71. The minimum absolute atomic E-state index is 0.0300. The molecule has 0 saturated carbocycles. The summed E-state index contributed by atoms with van der Waals surface area (Å²) in [4.78, 5) is 36.2. The first kappa shape index (κ1) is 21.5. The van der Waals surface area contributed by atoms with Crippen LogP contribution in [0.1, 0.15) is 11.5 Å². The zero-order valence-electron chi connectivity index (χ0n) is 17.9. The lowest BCUT2D eigenvalue weighted by molar-refractivity contribution is -0.139. The number of nitrogens with two attached hydrogens (primary N) is 1. The van der Waals surface area contributed by atoms with Crippen molar-refractivity contribution < 1.29 is 19.1 Å². The fourth-order valence-electron chi connectivity index (χ4n) is 3.92. The molecular formula is C24H19N5O4. The van der Waals surface area contributed by atoms with Crippen molar-refractivity contribution >= 4 is 28.7 Å². The average Bonchev–Trinajstić information content (AvgIpc) is 2.87. The summed E-state index contributed by atoms with van der Waals surface area (Å²) in [5.74, 6) is -2.58. The van der Waals surface area contributed by atoms with Gasteiger partial charge in [0, 0.05) is 12.4 Å². The predicted molar refractivity (Wildman–Crippen MR) is 119 cm³/mol. The molecule has 1 unspecified atom stereocenters. The van der Waals surface area contributed by atoms with Gasteiger partial charge in [-0.2, -0.15) is 5.26 Å². The molecular weight excluding hydrogens is 422 g/mol. The third-order valence-electron chi connectivity index (χ3n) is 5.33. The minimum Gasteiger partial charge on any atom is -0.466 e. The molecule has 0 amide bonds. The van der Waals surface area contributed by atoms with Crippen LogP contribution in [-0.2, 0) is 19.1 Å². The number of hydrogen-bond donors (Lipinski definition) is 1. The van der Waals surface area contributed by atoms with Crippen LogP contribution in [0.5, 0.6) is 0 Å². The number of esters is 2. The maximum atomic E-state index is 13.1. The molecule has 2 aromatic carbocycles. The van der Waals surface area contributed by atoms with Crippen LogP contribution in [0, 0.1) is 11.3 Å². The molecule has 0 radical (unpaired) electrons. The molecule has 1 aromatic heterocycles. The van der Waals surface area contributed by atoms with Crippen LogP contribution in [0.4, 0.5) is 5.69 Å². The second-order valence-corrected chi connectivity index (χ2v) is 7.04. The maximum absolute atomic E-state index is 13.1. The lowest BCUT2D eigenvalue weighted by Gasteiger charge is -2.36. The smallest absolute Gasteiger partial charge is 0.355 e. The summed E-state index contributed by atoms with van der Waals surface area (Å²) in [5, 5.41) is 10.1. The zero-order chi connectivity index (χ0) is 23.5. The van der Waals surface area contributed by atoms with Gasteiger partial charge in [-0.1, -0.05) is 36.4 Å². The van der Waals surface area contributed by atoms with Gasteiger partial charge in [0.25, 0.3) is 0 Å². The van der Waals surface area contributed by atoms with E-state index in [-0.39, 0.29) is 22.7 Å². The van der Waals surface area contributed by atoms with E-state index in [4.69, 9.17) is 15.2 Å². The molecule has 3 aromatic rings. The lowest BCUT2D eigenvalue weighted by Crippen LogP contribution is -2.40. The number of nitrogens with zero attached hydrogens (tertiary/aromatic N) is 4. The van der Waals surface area contributed by atoms with Crippen LogP contribution in [-0.4, -0.2) is 36.1 Å². The Balaban J connectivity index is 2.12. The standard InChI is InChI=1S/C24H19N5O4/c1-32-23(30)19-18(14-7-4-3-5-8-14)15(13-25)22(26)29(21(19)24(31)33-2)17-10-6-9-16-20(17)28-12-11-27-16/h3-12,18H,26H2,1-2H3. The number of para-hydroxylation sites is 1. The van der Waals surface area contributed by atoms with E-state index in [1.807, 2.05) is 0 Å². The number of benzene rings is 2. The van der Waals surface area contributed by atoms with Crippen molar-refractivity contribution in [2.45, 2.75) is 5.92 Å². The first-order chi connectivity index (χ1) is 16.0. The molecule has 1 aliphatic heterocycles. The van der Waals surface area contributed by atoms with Gasteiger partial charge < -0.3 is 15.2 Å². The summed E-state index contributed by atoms with van der Waals surface area (Å²) in [6.07, 6.45) is 3.03. The van der Waals surface area contributed by atoms with Crippen LogP contribution < -0.4 is 10.6 Å². The molecule has 2 heterocycles. The Morgan fingerprint density at radius 3 is 2.36 bits per heavy atom. The predicted octanol–water partition coefficient (Wildman–Crippen LogP) is 2.53. The number of aromatic nitrogens is 2. The van der Waals surface area contributed by atoms with E-state index >= 15 is 0 Å². The Bertz CT molecular complexity index is 1350. The van der Waals surface area contributed by atoms with Gasteiger partial charge in [0.2, 0.25) is 0 Å². The normalized spacial score (nSPS) is 15.9. The van der Waals surface area contributed by atoms with Crippen molar-refractivity contribution in [3.63, 3.8) is 0 Å². The van der Waals surface area contributed by atoms with Crippen LogP contribution in [0.15, 0.2) is 83.6 Å². The van der Waals surface area contributed by atoms with Crippen LogP contribution >= 0.6 is 0 Å². The fourth-order valence-corrected chi connectivity index (χ4v) is 3.92. The van der Waals surface area contributed by atoms with E-state index in [0.29, 0.717) is 22.3 Å². The summed E-state index contributed by atoms with van der Waals surface area (Å²) in [6.45, 7) is 0. The summed E-state index contributed by atoms with van der Waals surface area (Å²) in [5.41, 5.74) is 8.28. The van der Waals surface area contributed by atoms with Crippen molar-refractivity contribution in [2.24, 2.45) is 5.73 Å². The van der Waals surface area contributed by atoms with Crippen LogP contribution in [0.2, 0.25) is 0 Å². The van der Waals surface area contributed by atoms with E-state index < -0.39 is 17.9 Å². The monoisotopic (exact) mass is 441 g/mol. The number of rotatable bonds is 4. The molecule has 0 saturated heterocycles. The molecule has 9 nitrogen and oxygen atoms in total. The molecule has 0 spiro atoms. The van der Waals surface area contributed by atoms with Crippen molar-refractivity contribution in [1.82, 2.24) is 9.97 Å². The summed E-state index contributed by atoms with van der Waals surface area (Å²) in [7, 11) is 2.40. The molecule has 0 bridgehead atoms. The van der Waals surface area contributed by atoms with Crippen LogP contribution in [0.25, 0.3) is 11.0 Å². The third kappa shape index (κ3) is 3.53. The number of carbonyl (C=O) groups excluding carboxylic acids is 2. The number of anilines is 1. The van der Waals surface area contributed by atoms with Gasteiger partial charge in [-0.15, -0.1) is 0 Å². The topological polar surface area (TPSA) is 131 Å². The summed E-state index contributed by atoms with van der Waals surface area (Å²) >= 11 is 0.